The second-order valence-corrected chi connectivity index (χ2v) is 8.35. The Morgan fingerprint density at radius 1 is 1.26 bits per heavy atom. The van der Waals surface area contributed by atoms with Crippen LogP contribution in [0.15, 0.2) is 35.4 Å². The van der Waals surface area contributed by atoms with Gasteiger partial charge in [0.25, 0.3) is 5.56 Å². The van der Waals surface area contributed by atoms with Gasteiger partial charge in [-0.1, -0.05) is 18.3 Å². The number of aromatic nitrogens is 3. The third-order valence-electron chi connectivity index (χ3n) is 5.30. The van der Waals surface area contributed by atoms with Crippen molar-refractivity contribution < 1.29 is 9.84 Å². The number of aliphatic hydroxyl groups excluding tert-OH is 1. The summed E-state index contributed by atoms with van der Waals surface area (Å²) >= 11 is 1.36. The highest BCUT2D eigenvalue weighted by atomic mass is 32.1. The Hall–Kier alpha value is -3.00. The molecule has 1 atom stereocenters. The predicted molar refractivity (Wildman–Crippen MR) is 119 cm³/mol. The van der Waals surface area contributed by atoms with Gasteiger partial charge in [0, 0.05) is 26.2 Å². The highest BCUT2D eigenvalue weighted by Crippen LogP contribution is 2.26. The van der Waals surface area contributed by atoms with E-state index in [1.165, 1.54) is 22.2 Å². The number of thiazole rings is 1. The highest BCUT2D eigenvalue weighted by Gasteiger charge is 2.21. The summed E-state index contributed by atoms with van der Waals surface area (Å²) in [5, 5.41) is 20.0. The van der Waals surface area contributed by atoms with E-state index in [0.717, 1.165) is 37.9 Å². The number of nitrogens with zero attached hydrogens (tertiary/aromatic N) is 6. The van der Waals surface area contributed by atoms with Crippen LogP contribution >= 0.6 is 11.3 Å². The largest absolute Gasteiger partial charge is 0.491 e. The second kappa shape index (κ2) is 9.43. The fraction of sp³-hybridized carbons (Fsp3) is 0.429. The van der Waals surface area contributed by atoms with Crippen molar-refractivity contribution in [1.82, 2.24) is 19.4 Å². The number of hydrogen-bond acceptors (Lipinski definition) is 9. The van der Waals surface area contributed by atoms with Gasteiger partial charge in [0.05, 0.1) is 18.2 Å². The van der Waals surface area contributed by atoms with Gasteiger partial charge in [-0.3, -0.25) is 9.36 Å². The average Bonchev–Trinajstić information content (AvgIpc) is 3.25. The predicted octanol–water partition coefficient (Wildman–Crippen LogP) is 1.31. The fourth-order valence-corrected chi connectivity index (χ4v) is 4.47. The molecule has 0 bridgehead atoms. The lowest BCUT2D eigenvalue weighted by atomic mass is 10.2. The van der Waals surface area contributed by atoms with E-state index < -0.39 is 6.10 Å². The minimum Gasteiger partial charge on any atom is -0.491 e. The van der Waals surface area contributed by atoms with Crippen molar-refractivity contribution in [2.45, 2.75) is 19.6 Å². The molecule has 1 saturated heterocycles. The first kappa shape index (κ1) is 21.2. The van der Waals surface area contributed by atoms with Crippen LogP contribution in [0.3, 0.4) is 0 Å². The van der Waals surface area contributed by atoms with Gasteiger partial charge in [-0.15, -0.1) is 0 Å². The molecule has 2 aromatic heterocycles. The minimum atomic E-state index is -0.887. The molecule has 0 unspecified atom stereocenters. The summed E-state index contributed by atoms with van der Waals surface area (Å²) in [4.78, 5) is 26.3. The summed E-state index contributed by atoms with van der Waals surface area (Å²) in [5.41, 5.74) is 0.774. The number of likely N-dealkylation sites (N-methyl/N-ethyl adjacent to an activating group) is 1. The van der Waals surface area contributed by atoms with E-state index in [1.54, 1.807) is 24.3 Å². The van der Waals surface area contributed by atoms with Gasteiger partial charge in [0.1, 0.15) is 29.5 Å². The van der Waals surface area contributed by atoms with E-state index in [-0.39, 0.29) is 18.7 Å². The summed E-state index contributed by atoms with van der Waals surface area (Å²) in [5.74, 6) is 0.550. The smallest absolute Gasteiger partial charge is 0.273 e. The molecular weight excluding hydrogens is 416 g/mol. The Kier molecular flexibility index (Phi) is 6.46. The van der Waals surface area contributed by atoms with Gasteiger partial charge in [0.2, 0.25) is 0 Å². The molecule has 1 fully saturated rings. The van der Waals surface area contributed by atoms with Crippen LogP contribution in [0.25, 0.3) is 10.3 Å². The Balaban J connectivity index is 1.41. The van der Waals surface area contributed by atoms with Crippen molar-refractivity contribution in [2.75, 3.05) is 44.2 Å². The number of hydrogen-bond donors (Lipinski definition) is 1. The zero-order valence-corrected chi connectivity index (χ0v) is 18.1. The fourth-order valence-electron chi connectivity index (χ4n) is 3.45. The lowest BCUT2D eigenvalue weighted by Crippen LogP contribution is -2.46. The maximum Gasteiger partial charge on any atom is 0.273 e. The van der Waals surface area contributed by atoms with Gasteiger partial charge in [-0.25, -0.2) is 4.98 Å². The summed E-state index contributed by atoms with van der Waals surface area (Å²) in [7, 11) is 0. The molecule has 0 saturated carbocycles. The number of ether oxygens (including phenoxy) is 1. The highest BCUT2D eigenvalue weighted by molar-refractivity contribution is 7.22. The quantitative estimate of drug-likeness (QED) is 0.586. The second-order valence-electron chi connectivity index (χ2n) is 7.37. The molecule has 1 aliphatic rings. The normalized spacial score (nSPS) is 15.7. The molecule has 3 heterocycles. The van der Waals surface area contributed by atoms with Crippen LogP contribution in [0.2, 0.25) is 0 Å². The first-order chi connectivity index (χ1) is 15.1. The number of fused-ring (bicyclic) bond motifs is 1. The number of piperazine rings is 1. The maximum absolute atomic E-state index is 12.9. The number of rotatable bonds is 7. The van der Waals surface area contributed by atoms with Crippen LogP contribution in [0.1, 0.15) is 12.5 Å². The van der Waals surface area contributed by atoms with Crippen molar-refractivity contribution in [3.05, 3.63) is 46.5 Å². The molecule has 162 valence electrons. The van der Waals surface area contributed by atoms with E-state index in [4.69, 9.17) is 10.00 Å². The molecule has 0 spiro atoms. The average molecular weight is 441 g/mol. The molecule has 31 heavy (non-hydrogen) atoms. The number of benzene rings is 1. The van der Waals surface area contributed by atoms with Gasteiger partial charge >= 0.3 is 0 Å². The third-order valence-corrected chi connectivity index (χ3v) is 6.39. The lowest BCUT2D eigenvalue weighted by Gasteiger charge is -2.33. The van der Waals surface area contributed by atoms with E-state index >= 15 is 0 Å². The molecule has 1 aromatic carbocycles. The monoisotopic (exact) mass is 440 g/mol. The molecule has 0 radical (unpaired) electrons. The molecule has 1 N–H and O–H groups in total. The van der Waals surface area contributed by atoms with E-state index in [2.05, 4.69) is 26.7 Å². The molecule has 1 aliphatic heterocycles. The first-order valence-corrected chi connectivity index (χ1v) is 11.0. The molecule has 9 nitrogen and oxygen atoms in total. The molecule has 3 aromatic rings. The summed E-state index contributed by atoms with van der Waals surface area (Å²) in [6.07, 6.45) is 0.538. The zero-order chi connectivity index (χ0) is 21.8. The zero-order valence-electron chi connectivity index (χ0n) is 17.3. The van der Waals surface area contributed by atoms with Gasteiger partial charge in [-0.2, -0.15) is 10.2 Å². The van der Waals surface area contributed by atoms with E-state index in [9.17, 15) is 9.90 Å². The molecular formula is C21H24N6O3S. The van der Waals surface area contributed by atoms with Crippen LogP contribution < -0.4 is 15.2 Å². The number of aliphatic hydroxyl groups is 1. The van der Waals surface area contributed by atoms with Crippen molar-refractivity contribution in [1.29, 1.82) is 5.26 Å². The van der Waals surface area contributed by atoms with Gasteiger partial charge in [-0.05, 0) is 30.8 Å². The third kappa shape index (κ3) is 4.85. The SMILES string of the molecule is CCN1CCN(c2nc3ncn(C[C@H](O)COc4ccc(C#N)cc4)c(=O)c3s2)CC1. The van der Waals surface area contributed by atoms with Crippen molar-refractivity contribution >= 4 is 26.8 Å². The molecule has 10 heteroatoms. The summed E-state index contributed by atoms with van der Waals surface area (Å²) < 4.78 is 7.44. The summed E-state index contributed by atoms with van der Waals surface area (Å²) in [6, 6.07) is 8.67. The Labute approximate surface area is 183 Å². The van der Waals surface area contributed by atoms with Crippen LogP contribution in [0, 0.1) is 11.3 Å². The van der Waals surface area contributed by atoms with Crippen molar-refractivity contribution in [3.63, 3.8) is 0 Å². The van der Waals surface area contributed by atoms with E-state index in [1.807, 2.05) is 6.07 Å². The number of anilines is 1. The van der Waals surface area contributed by atoms with E-state index in [0.29, 0.717) is 21.7 Å². The van der Waals surface area contributed by atoms with Gasteiger partial charge < -0.3 is 19.6 Å². The molecule has 4 rings (SSSR count). The maximum atomic E-state index is 12.9. The summed E-state index contributed by atoms with van der Waals surface area (Å²) in [6.45, 7) is 7.01. The van der Waals surface area contributed by atoms with Crippen molar-refractivity contribution in [3.8, 4) is 11.8 Å². The molecule has 0 amide bonds. The topological polar surface area (TPSA) is 108 Å². The lowest BCUT2D eigenvalue weighted by molar-refractivity contribution is 0.0915. The van der Waals surface area contributed by atoms with Crippen LogP contribution in [0.5, 0.6) is 5.75 Å². The Morgan fingerprint density at radius 3 is 2.68 bits per heavy atom. The Morgan fingerprint density at radius 2 is 2.00 bits per heavy atom. The Bertz CT molecular complexity index is 1130. The van der Waals surface area contributed by atoms with Gasteiger partial charge in [0.15, 0.2) is 10.8 Å². The van der Waals surface area contributed by atoms with Crippen LogP contribution in [-0.2, 0) is 6.54 Å². The van der Waals surface area contributed by atoms with Crippen LogP contribution in [0.4, 0.5) is 5.13 Å². The van der Waals surface area contributed by atoms with Crippen LogP contribution in [-0.4, -0.2) is 70.0 Å². The molecule has 0 aliphatic carbocycles. The van der Waals surface area contributed by atoms with Crippen molar-refractivity contribution in [2.24, 2.45) is 0 Å². The number of nitriles is 1. The first-order valence-electron chi connectivity index (χ1n) is 10.2. The standard InChI is InChI=1S/C21H24N6O3S/c1-2-25-7-9-26(10-8-25)21-24-19-18(31-21)20(29)27(14-23-19)12-16(28)13-30-17-5-3-15(11-22)4-6-17/h3-6,14,16,28H,2,7-10,12-13H2,1H3/t16-/m0/s1. The minimum absolute atomic E-state index is 0.0199.